The molecule has 354 valence electrons. The maximum atomic E-state index is 12.8. The van der Waals surface area contributed by atoms with E-state index in [4.69, 9.17) is 18.5 Å². The molecule has 1 saturated carbocycles. The molecule has 1 aliphatic carbocycles. The van der Waals surface area contributed by atoms with E-state index in [1.165, 1.54) is 6.42 Å². The third-order valence-electron chi connectivity index (χ3n) is 9.92. The van der Waals surface area contributed by atoms with Crippen molar-refractivity contribution in [2.45, 2.75) is 185 Å². The second kappa shape index (κ2) is 38.7. The number of allylic oxidation sites excluding steroid dienone is 16. The molecule has 1 rings (SSSR count). The zero-order chi connectivity index (χ0) is 45.5. The van der Waals surface area contributed by atoms with Gasteiger partial charge in [0.05, 0.1) is 13.2 Å². The Hall–Kier alpha value is -2.74. The summed E-state index contributed by atoms with van der Waals surface area (Å²) in [7, 11) is -5.04. The number of aliphatic hydroxyl groups is 5. The minimum atomic E-state index is -5.04. The maximum Gasteiger partial charge on any atom is 0.472 e. The van der Waals surface area contributed by atoms with Crippen molar-refractivity contribution in [3.63, 3.8) is 0 Å². The van der Waals surface area contributed by atoms with Gasteiger partial charge in [-0.3, -0.25) is 13.8 Å². The van der Waals surface area contributed by atoms with Crippen LogP contribution in [0, 0.1) is 0 Å². The van der Waals surface area contributed by atoms with Crippen molar-refractivity contribution in [2.24, 2.45) is 0 Å². The number of aliphatic hydroxyl groups excluding tert-OH is 5. The van der Waals surface area contributed by atoms with Crippen LogP contribution in [-0.4, -0.2) is 98.9 Å². The average Bonchev–Trinajstić information content (AvgIpc) is 3.26. The molecule has 12 nitrogen and oxygen atoms in total. The van der Waals surface area contributed by atoms with Crippen molar-refractivity contribution in [2.75, 3.05) is 19.8 Å². The Morgan fingerprint density at radius 2 is 0.952 bits per heavy atom. The number of hydrogen-bond donors (Lipinski definition) is 6. The predicted molar refractivity (Wildman–Crippen MR) is 248 cm³/mol. The molecule has 6 atom stereocenters. The molecule has 0 radical (unpaired) electrons. The maximum absolute atomic E-state index is 12.8. The van der Waals surface area contributed by atoms with E-state index in [1.54, 1.807) is 0 Å². The number of carbonyl (C=O) groups is 1. The summed E-state index contributed by atoms with van der Waals surface area (Å²) in [6.07, 6.45) is 40.5. The number of carbonyl (C=O) groups excluding carboxylic acids is 1. The predicted octanol–water partition coefficient (Wildman–Crippen LogP) is 9.53. The molecule has 0 aliphatic heterocycles. The number of ether oxygens (including phenoxy) is 2. The van der Waals surface area contributed by atoms with Gasteiger partial charge < -0.3 is 39.9 Å². The van der Waals surface area contributed by atoms with Crippen LogP contribution < -0.4 is 0 Å². The van der Waals surface area contributed by atoms with Crippen molar-refractivity contribution in [1.82, 2.24) is 0 Å². The molecule has 0 saturated heterocycles. The van der Waals surface area contributed by atoms with Crippen LogP contribution >= 0.6 is 7.82 Å². The third kappa shape index (κ3) is 30.4. The van der Waals surface area contributed by atoms with Gasteiger partial charge in [0.25, 0.3) is 0 Å². The summed E-state index contributed by atoms with van der Waals surface area (Å²) >= 11 is 0. The summed E-state index contributed by atoms with van der Waals surface area (Å²) in [5.41, 5.74) is 0. The van der Waals surface area contributed by atoms with Gasteiger partial charge in [-0.15, -0.1) is 0 Å². The number of esters is 1. The molecule has 0 aromatic rings. The Morgan fingerprint density at radius 3 is 1.45 bits per heavy atom. The quantitative estimate of drug-likeness (QED) is 0.0150. The van der Waals surface area contributed by atoms with Crippen LogP contribution in [0.1, 0.15) is 142 Å². The van der Waals surface area contributed by atoms with Crippen LogP contribution in [-0.2, 0) is 27.9 Å². The van der Waals surface area contributed by atoms with Gasteiger partial charge in [0.1, 0.15) is 42.7 Å². The van der Waals surface area contributed by atoms with Crippen LogP contribution in [0.25, 0.3) is 0 Å². The Labute approximate surface area is 373 Å². The first-order valence-electron chi connectivity index (χ1n) is 23.1. The molecule has 6 unspecified atom stereocenters. The molecule has 1 aliphatic rings. The Morgan fingerprint density at radius 1 is 0.532 bits per heavy atom. The van der Waals surface area contributed by atoms with E-state index in [2.05, 4.69) is 111 Å². The van der Waals surface area contributed by atoms with Crippen LogP contribution in [0.5, 0.6) is 0 Å². The first-order chi connectivity index (χ1) is 30.0. The van der Waals surface area contributed by atoms with Gasteiger partial charge in [-0.25, -0.2) is 4.57 Å². The second-order valence-corrected chi connectivity index (χ2v) is 16.9. The highest BCUT2D eigenvalue weighted by molar-refractivity contribution is 7.47. The number of phosphoric ester groups is 1. The molecule has 6 N–H and O–H groups in total. The summed E-state index contributed by atoms with van der Waals surface area (Å²) in [6, 6.07) is 0. The standard InChI is InChI=1S/C49H81O12P/c1-3-5-7-9-11-13-15-17-19-20-21-22-23-24-25-26-28-30-32-34-36-38-43(50)60-42(40-58-39-37-35-33-31-29-27-18-16-14-12-10-8-6-4-2)41-59-62(56,57)61-49-47(54)45(52)44(51)46(53)48(49)55/h5,7-8,10-11,13-14,16-17,19,21-22,24-25,28,30,42,44-49,51-55H,3-4,6,9,12,15,18,20,23,26-27,29,31-41H2,1-2H3,(H,56,57)/b7-5-,10-8-,13-11-,16-14-,19-17-,22-21-,25-24-,30-28-. The Kier molecular flexibility index (Phi) is 35.7. The fraction of sp³-hybridized carbons (Fsp3) is 0.653. The van der Waals surface area contributed by atoms with Crippen molar-refractivity contribution in [3.8, 4) is 0 Å². The van der Waals surface area contributed by atoms with E-state index in [0.29, 0.717) is 13.0 Å². The lowest BCUT2D eigenvalue weighted by Gasteiger charge is -2.41. The van der Waals surface area contributed by atoms with Crippen molar-refractivity contribution >= 4 is 13.8 Å². The topological polar surface area (TPSA) is 192 Å². The molecular formula is C49H81O12P. The molecule has 1 fully saturated rings. The van der Waals surface area contributed by atoms with Crippen molar-refractivity contribution in [3.05, 3.63) is 97.2 Å². The minimum absolute atomic E-state index is 0.109. The van der Waals surface area contributed by atoms with Gasteiger partial charge in [0, 0.05) is 13.0 Å². The van der Waals surface area contributed by atoms with Crippen molar-refractivity contribution < 1.29 is 58.3 Å². The Bertz CT molecular complexity index is 1390. The van der Waals surface area contributed by atoms with E-state index >= 15 is 0 Å². The highest BCUT2D eigenvalue weighted by Crippen LogP contribution is 2.47. The minimum Gasteiger partial charge on any atom is -0.457 e. The molecule has 13 heteroatoms. The summed E-state index contributed by atoms with van der Waals surface area (Å²) < 4.78 is 34.1. The lowest BCUT2D eigenvalue weighted by atomic mass is 9.85. The van der Waals surface area contributed by atoms with Gasteiger partial charge in [0.15, 0.2) is 0 Å². The van der Waals surface area contributed by atoms with Gasteiger partial charge in [0.2, 0.25) is 0 Å². The normalized spacial score (nSPS) is 22.9. The van der Waals surface area contributed by atoms with Gasteiger partial charge in [-0.2, -0.15) is 0 Å². The monoisotopic (exact) mass is 893 g/mol. The van der Waals surface area contributed by atoms with Gasteiger partial charge in [-0.1, -0.05) is 143 Å². The van der Waals surface area contributed by atoms with E-state index in [-0.39, 0.29) is 13.0 Å². The van der Waals surface area contributed by atoms with Crippen LogP contribution in [0.3, 0.4) is 0 Å². The van der Waals surface area contributed by atoms with E-state index < -0.39 is 63.1 Å². The highest BCUT2D eigenvalue weighted by Gasteiger charge is 2.51. The molecule has 0 heterocycles. The van der Waals surface area contributed by atoms with Crippen molar-refractivity contribution in [1.29, 1.82) is 0 Å². The summed E-state index contributed by atoms with van der Waals surface area (Å²) in [5, 5.41) is 50.2. The van der Waals surface area contributed by atoms with E-state index in [1.807, 2.05) is 0 Å². The first-order valence-corrected chi connectivity index (χ1v) is 24.6. The highest BCUT2D eigenvalue weighted by atomic mass is 31.2. The van der Waals surface area contributed by atoms with Gasteiger partial charge >= 0.3 is 13.8 Å². The van der Waals surface area contributed by atoms with Crippen LogP contribution in [0.4, 0.5) is 0 Å². The SMILES string of the molecule is CC/C=C\C/C=C\C/C=C\C/C=C\C/C=C\C/C=C\CCCCC(=O)OC(COCCCCCCCC/C=C\C/C=C\CCC)COP(=O)(O)OC1C(O)C(O)C(O)C(O)C1O. The van der Waals surface area contributed by atoms with E-state index in [9.17, 15) is 39.8 Å². The molecule has 0 aromatic carbocycles. The molecular weight excluding hydrogens is 812 g/mol. The number of unbranched alkanes of at least 4 members (excludes halogenated alkanes) is 9. The number of rotatable bonds is 37. The van der Waals surface area contributed by atoms with Crippen LogP contribution in [0.15, 0.2) is 97.2 Å². The van der Waals surface area contributed by atoms with Gasteiger partial charge in [-0.05, 0) is 89.9 Å². The number of phosphoric acid groups is 1. The average molecular weight is 893 g/mol. The molecule has 0 spiro atoms. The first kappa shape index (κ1) is 57.3. The summed E-state index contributed by atoms with van der Waals surface area (Å²) in [5.74, 6) is -0.528. The Balaban J connectivity index is 2.45. The fourth-order valence-corrected chi connectivity index (χ4v) is 7.25. The second-order valence-electron chi connectivity index (χ2n) is 15.5. The molecule has 0 aromatic heterocycles. The van der Waals surface area contributed by atoms with Crippen LogP contribution in [0.2, 0.25) is 0 Å². The largest absolute Gasteiger partial charge is 0.472 e. The zero-order valence-corrected chi connectivity index (χ0v) is 38.5. The lowest BCUT2D eigenvalue weighted by molar-refractivity contribution is -0.220. The molecule has 0 amide bonds. The molecule has 62 heavy (non-hydrogen) atoms. The zero-order valence-electron chi connectivity index (χ0n) is 37.6. The van der Waals surface area contributed by atoms with E-state index in [0.717, 1.165) is 109 Å². The summed E-state index contributed by atoms with van der Waals surface area (Å²) in [6.45, 7) is 3.99. The summed E-state index contributed by atoms with van der Waals surface area (Å²) in [4.78, 5) is 23.1. The smallest absolute Gasteiger partial charge is 0.457 e. The fourth-order valence-electron chi connectivity index (χ4n) is 6.28. The molecule has 0 bridgehead atoms. The lowest BCUT2D eigenvalue weighted by Crippen LogP contribution is -2.64. The number of hydrogen-bond acceptors (Lipinski definition) is 11. The third-order valence-corrected chi connectivity index (χ3v) is 10.9.